The zero-order valence-corrected chi connectivity index (χ0v) is 13.7. The fraction of sp³-hybridized carbons (Fsp3) is 0.333. The van der Waals surface area contributed by atoms with Gasteiger partial charge in [0.2, 0.25) is 0 Å². The van der Waals surface area contributed by atoms with Gasteiger partial charge in [0.05, 0.1) is 12.1 Å². The van der Waals surface area contributed by atoms with Crippen molar-refractivity contribution in [3.05, 3.63) is 48.5 Å². The highest BCUT2D eigenvalue weighted by Gasteiger charge is 2.31. The summed E-state index contributed by atoms with van der Waals surface area (Å²) in [5, 5.41) is 0. The third-order valence-corrected chi connectivity index (χ3v) is 4.36. The van der Waals surface area contributed by atoms with E-state index in [1.807, 2.05) is 29.2 Å². The van der Waals surface area contributed by atoms with Gasteiger partial charge in [0.15, 0.2) is 11.5 Å². The van der Waals surface area contributed by atoms with Gasteiger partial charge in [-0.3, -0.25) is 0 Å². The summed E-state index contributed by atoms with van der Waals surface area (Å²) in [5.41, 5.74) is 1.58. The van der Waals surface area contributed by atoms with Gasteiger partial charge in [-0.2, -0.15) is 0 Å². The standard InChI is InChI=1S/C18H16F3N3O2/c19-18(20,21)26-13-7-8-16(22-10-13)24-9-3-4-12(11-24)17-23-14-5-1-2-6-15(14)25-17/h1-2,5-8,10,12H,3-4,9,11H2. The molecule has 4 rings (SSSR count). The number of anilines is 1. The minimum absolute atomic E-state index is 0.115. The highest BCUT2D eigenvalue weighted by molar-refractivity contribution is 5.72. The van der Waals surface area contributed by atoms with Crippen LogP contribution in [0.15, 0.2) is 47.0 Å². The second-order valence-electron chi connectivity index (χ2n) is 6.20. The molecule has 0 amide bonds. The van der Waals surface area contributed by atoms with Gasteiger partial charge in [-0.15, -0.1) is 13.2 Å². The Morgan fingerprint density at radius 2 is 2.00 bits per heavy atom. The average molecular weight is 363 g/mol. The summed E-state index contributed by atoms with van der Waals surface area (Å²) in [5.74, 6) is 1.09. The molecule has 8 heteroatoms. The Kier molecular flexibility index (Phi) is 4.18. The smallest absolute Gasteiger partial charge is 0.440 e. The molecule has 0 spiro atoms. The van der Waals surface area contributed by atoms with Crippen LogP contribution in [0.5, 0.6) is 5.75 Å². The van der Waals surface area contributed by atoms with E-state index < -0.39 is 6.36 Å². The van der Waals surface area contributed by atoms with Crippen LogP contribution in [0.3, 0.4) is 0 Å². The average Bonchev–Trinajstić information content (AvgIpc) is 3.05. The van der Waals surface area contributed by atoms with E-state index in [9.17, 15) is 13.2 Å². The summed E-state index contributed by atoms with van der Waals surface area (Å²) < 4.78 is 46.5. The molecule has 3 aromatic rings. The third kappa shape index (κ3) is 3.58. The van der Waals surface area contributed by atoms with Crippen LogP contribution in [0, 0.1) is 0 Å². The number of rotatable bonds is 3. The number of pyridine rings is 1. The quantitative estimate of drug-likeness (QED) is 0.686. The van der Waals surface area contributed by atoms with E-state index in [-0.39, 0.29) is 11.7 Å². The first-order valence-electron chi connectivity index (χ1n) is 8.30. The molecule has 26 heavy (non-hydrogen) atoms. The summed E-state index contributed by atoms with van der Waals surface area (Å²) in [6.45, 7) is 1.43. The minimum atomic E-state index is -4.72. The third-order valence-electron chi connectivity index (χ3n) is 4.36. The monoisotopic (exact) mass is 363 g/mol. The maximum atomic E-state index is 12.2. The predicted octanol–water partition coefficient (Wildman–Crippen LogP) is 4.51. The number of fused-ring (bicyclic) bond motifs is 1. The largest absolute Gasteiger partial charge is 0.573 e. The van der Waals surface area contributed by atoms with E-state index >= 15 is 0 Å². The molecule has 1 aliphatic heterocycles. The number of nitrogens with zero attached hydrogens (tertiary/aromatic N) is 3. The van der Waals surface area contributed by atoms with Crippen LogP contribution in [0.4, 0.5) is 19.0 Å². The molecule has 0 N–H and O–H groups in total. The lowest BCUT2D eigenvalue weighted by Crippen LogP contribution is -2.35. The number of hydrogen-bond donors (Lipinski definition) is 0. The number of benzene rings is 1. The zero-order chi connectivity index (χ0) is 18.1. The highest BCUT2D eigenvalue weighted by atomic mass is 19.4. The predicted molar refractivity (Wildman–Crippen MR) is 89.1 cm³/mol. The molecule has 1 unspecified atom stereocenters. The van der Waals surface area contributed by atoms with Crippen molar-refractivity contribution in [2.75, 3.05) is 18.0 Å². The van der Waals surface area contributed by atoms with Gasteiger partial charge in [-0.05, 0) is 37.1 Å². The Labute approximate surface area is 147 Å². The fourth-order valence-corrected chi connectivity index (χ4v) is 3.21. The molecule has 136 valence electrons. The minimum Gasteiger partial charge on any atom is -0.440 e. The van der Waals surface area contributed by atoms with E-state index in [0.29, 0.717) is 18.3 Å². The first-order valence-corrected chi connectivity index (χ1v) is 8.30. The molecule has 0 saturated carbocycles. The second kappa shape index (κ2) is 6.51. The van der Waals surface area contributed by atoms with Gasteiger partial charge in [0.1, 0.15) is 17.1 Å². The number of hydrogen-bond acceptors (Lipinski definition) is 5. The Morgan fingerprint density at radius 3 is 2.73 bits per heavy atom. The molecule has 1 fully saturated rings. The number of ether oxygens (including phenoxy) is 1. The summed E-state index contributed by atoms with van der Waals surface area (Å²) in [4.78, 5) is 10.7. The van der Waals surface area contributed by atoms with Crippen LogP contribution in [-0.2, 0) is 0 Å². The van der Waals surface area contributed by atoms with Crippen molar-refractivity contribution in [2.24, 2.45) is 0 Å². The van der Waals surface area contributed by atoms with E-state index in [4.69, 9.17) is 4.42 Å². The van der Waals surface area contributed by atoms with Crippen LogP contribution < -0.4 is 9.64 Å². The van der Waals surface area contributed by atoms with Crippen LogP contribution >= 0.6 is 0 Å². The lowest BCUT2D eigenvalue weighted by molar-refractivity contribution is -0.274. The zero-order valence-electron chi connectivity index (χ0n) is 13.7. The molecule has 0 radical (unpaired) electrons. The van der Waals surface area contributed by atoms with E-state index in [0.717, 1.165) is 36.7 Å². The van der Waals surface area contributed by atoms with Crippen molar-refractivity contribution in [1.29, 1.82) is 0 Å². The fourth-order valence-electron chi connectivity index (χ4n) is 3.21. The van der Waals surface area contributed by atoms with Crippen LogP contribution in [-0.4, -0.2) is 29.4 Å². The lowest BCUT2D eigenvalue weighted by atomic mass is 9.98. The van der Waals surface area contributed by atoms with Gasteiger partial charge in [-0.25, -0.2) is 9.97 Å². The van der Waals surface area contributed by atoms with Crippen molar-refractivity contribution in [3.63, 3.8) is 0 Å². The molecule has 5 nitrogen and oxygen atoms in total. The summed E-state index contributed by atoms with van der Waals surface area (Å²) in [6, 6.07) is 10.4. The summed E-state index contributed by atoms with van der Waals surface area (Å²) >= 11 is 0. The number of alkyl halides is 3. The van der Waals surface area contributed by atoms with E-state index in [1.165, 1.54) is 12.1 Å². The number of aromatic nitrogens is 2. The molecule has 0 aliphatic carbocycles. The van der Waals surface area contributed by atoms with E-state index in [1.54, 1.807) is 0 Å². The Bertz CT molecular complexity index is 860. The number of oxazole rings is 1. The number of halogens is 3. The number of para-hydroxylation sites is 2. The van der Waals surface area contributed by atoms with E-state index in [2.05, 4.69) is 14.7 Å². The maximum absolute atomic E-state index is 12.2. The Hall–Kier alpha value is -2.77. The molecule has 2 aromatic heterocycles. The first kappa shape index (κ1) is 16.7. The molecule has 3 heterocycles. The lowest BCUT2D eigenvalue weighted by Gasteiger charge is -2.32. The van der Waals surface area contributed by atoms with Crippen molar-refractivity contribution in [2.45, 2.75) is 25.1 Å². The van der Waals surface area contributed by atoms with Crippen LogP contribution in [0.25, 0.3) is 11.1 Å². The normalized spacial score (nSPS) is 18.3. The van der Waals surface area contributed by atoms with Crippen molar-refractivity contribution < 1.29 is 22.3 Å². The summed E-state index contributed by atoms with van der Waals surface area (Å²) in [7, 11) is 0. The molecule has 1 aromatic carbocycles. The van der Waals surface area contributed by atoms with Crippen molar-refractivity contribution in [1.82, 2.24) is 9.97 Å². The Balaban J connectivity index is 1.49. The number of piperidine rings is 1. The molecule has 1 aliphatic rings. The second-order valence-corrected chi connectivity index (χ2v) is 6.20. The van der Waals surface area contributed by atoms with Gasteiger partial charge in [-0.1, -0.05) is 12.1 Å². The summed E-state index contributed by atoms with van der Waals surface area (Å²) in [6.07, 6.45) is -1.76. The SMILES string of the molecule is FC(F)(F)Oc1ccc(N2CCCC(c3nc4ccccc4o3)C2)nc1. The van der Waals surface area contributed by atoms with Crippen molar-refractivity contribution in [3.8, 4) is 5.75 Å². The topological polar surface area (TPSA) is 51.4 Å². The molecular formula is C18H16F3N3O2. The highest BCUT2D eigenvalue weighted by Crippen LogP contribution is 2.31. The molecule has 1 atom stereocenters. The van der Waals surface area contributed by atoms with Gasteiger partial charge in [0.25, 0.3) is 0 Å². The molecule has 1 saturated heterocycles. The van der Waals surface area contributed by atoms with Crippen LogP contribution in [0.2, 0.25) is 0 Å². The van der Waals surface area contributed by atoms with Gasteiger partial charge in [0, 0.05) is 13.1 Å². The molecule has 0 bridgehead atoms. The van der Waals surface area contributed by atoms with Gasteiger partial charge < -0.3 is 14.1 Å². The van der Waals surface area contributed by atoms with Crippen molar-refractivity contribution >= 4 is 16.9 Å². The van der Waals surface area contributed by atoms with Gasteiger partial charge >= 0.3 is 6.36 Å². The maximum Gasteiger partial charge on any atom is 0.573 e. The molecular weight excluding hydrogens is 347 g/mol. The van der Waals surface area contributed by atoms with Crippen LogP contribution in [0.1, 0.15) is 24.7 Å². The Morgan fingerprint density at radius 1 is 1.15 bits per heavy atom. The first-order chi connectivity index (χ1) is 12.5.